The van der Waals surface area contributed by atoms with Crippen molar-refractivity contribution in [1.29, 1.82) is 0 Å². The van der Waals surface area contributed by atoms with Crippen LogP contribution in [-0.2, 0) is 9.63 Å². The Morgan fingerprint density at radius 1 is 1.05 bits per heavy atom. The van der Waals surface area contributed by atoms with E-state index in [1.165, 1.54) is 12.8 Å². The van der Waals surface area contributed by atoms with Crippen LogP contribution in [0.2, 0.25) is 0 Å². The van der Waals surface area contributed by atoms with Crippen LogP contribution in [0.3, 0.4) is 0 Å². The summed E-state index contributed by atoms with van der Waals surface area (Å²) in [6.45, 7) is 10.1. The van der Waals surface area contributed by atoms with Crippen molar-refractivity contribution in [3.8, 4) is 10.6 Å². The maximum Gasteiger partial charge on any atom is 0.225 e. The largest absolute Gasteiger partial charge is 0.338 e. The first-order chi connectivity index (χ1) is 19.0. The van der Waals surface area contributed by atoms with E-state index in [-0.39, 0.29) is 0 Å². The van der Waals surface area contributed by atoms with E-state index in [0.717, 1.165) is 62.5 Å². The van der Waals surface area contributed by atoms with Gasteiger partial charge in [-0.25, -0.2) is 29.8 Å². The fourth-order valence-electron chi connectivity index (χ4n) is 4.51. The van der Waals surface area contributed by atoms with E-state index in [9.17, 15) is 0 Å². The number of carbonyl (C=O) groups excluding carboxylic acids is 1. The van der Waals surface area contributed by atoms with Gasteiger partial charge in [-0.3, -0.25) is 0 Å². The summed E-state index contributed by atoms with van der Waals surface area (Å²) in [5, 5.41) is 10.8. The molecule has 6 heterocycles. The molecule has 2 aliphatic heterocycles. The van der Waals surface area contributed by atoms with Crippen molar-refractivity contribution < 1.29 is 15.1 Å². The fraction of sp³-hybridized carbons (Fsp3) is 0.385. The number of thiazole rings is 2. The van der Waals surface area contributed by atoms with Crippen molar-refractivity contribution in [2.45, 2.75) is 45.7 Å². The molecule has 4 N–H and O–H groups in total. The van der Waals surface area contributed by atoms with Crippen LogP contribution < -0.4 is 21.0 Å². The highest BCUT2D eigenvalue weighted by molar-refractivity contribution is 7.16. The van der Waals surface area contributed by atoms with Gasteiger partial charge in [0.2, 0.25) is 5.95 Å². The topological polar surface area (TPSA) is 135 Å². The Morgan fingerprint density at radius 2 is 1.77 bits per heavy atom. The van der Waals surface area contributed by atoms with Crippen LogP contribution in [0.4, 0.5) is 22.6 Å². The Hall–Kier alpha value is -3.36. The number of carbonyl (C=O) groups is 1. The number of hydrogen-bond acceptors (Lipinski definition) is 12. The van der Waals surface area contributed by atoms with Crippen LogP contribution in [-0.4, -0.2) is 64.0 Å². The van der Waals surface area contributed by atoms with Crippen molar-refractivity contribution in [3.63, 3.8) is 0 Å². The first kappa shape index (κ1) is 28.6. The number of quaternary nitrogens is 1. The van der Waals surface area contributed by atoms with Gasteiger partial charge in [0.05, 0.1) is 40.8 Å². The summed E-state index contributed by atoms with van der Waals surface area (Å²) in [4.78, 5) is 38.5. The van der Waals surface area contributed by atoms with E-state index in [1.807, 2.05) is 45.9 Å². The summed E-state index contributed by atoms with van der Waals surface area (Å²) < 4.78 is 0. The third kappa shape index (κ3) is 7.61. The lowest BCUT2D eigenvalue weighted by atomic mass is 10.2. The summed E-state index contributed by atoms with van der Waals surface area (Å²) in [5.41, 5.74) is 5.71. The van der Waals surface area contributed by atoms with Gasteiger partial charge in [-0.15, -0.1) is 22.7 Å². The first-order valence-electron chi connectivity index (χ1n) is 12.5. The second kappa shape index (κ2) is 13.6. The molecule has 4 aromatic rings. The number of nitrogens with one attached hydrogen (secondary N) is 2. The van der Waals surface area contributed by atoms with Gasteiger partial charge in [-0.1, -0.05) is 6.07 Å². The highest BCUT2D eigenvalue weighted by atomic mass is 32.1. The van der Waals surface area contributed by atoms with Crippen LogP contribution in [0.1, 0.15) is 29.1 Å². The van der Waals surface area contributed by atoms with Gasteiger partial charge in [0, 0.05) is 36.8 Å². The van der Waals surface area contributed by atoms with Crippen molar-refractivity contribution in [3.05, 3.63) is 52.4 Å². The number of rotatable bonds is 6. The number of nitrogens with zero attached hydrogens (tertiary/aromatic N) is 6. The zero-order valence-electron chi connectivity index (χ0n) is 22.5. The first-order valence-corrected chi connectivity index (χ1v) is 14.2. The van der Waals surface area contributed by atoms with E-state index in [0.29, 0.717) is 12.1 Å². The van der Waals surface area contributed by atoms with Crippen LogP contribution in [0.5, 0.6) is 0 Å². The lowest BCUT2D eigenvalue weighted by molar-refractivity contribution is -0.830. The lowest BCUT2D eigenvalue weighted by Gasteiger charge is -2.32. The molecule has 2 aliphatic rings. The third-order valence-corrected chi connectivity index (χ3v) is 8.05. The molecule has 4 aromatic heterocycles. The molecule has 0 unspecified atom stereocenters. The highest BCUT2D eigenvalue weighted by Crippen LogP contribution is 2.32. The SMILES string of the molecule is C=O.CO[NH2+]c1cnc(N2C[C@H]3CC[C@@H](C2)N3)nc1.Cc1ccc(Nc2nc(-c3sc(C)nc3C)cs2)nc1. The Morgan fingerprint density at radius 3 is 2.36 bits per heavy atom. The minimum Gasteiger partial charge on any atom is -0.338 e. The number of aromatic nitrogens is 5. The summed E-state index contributed by atoms with van der Waals surface area (Å²) in [7, 11) is 1.63. The van der Waals surface area contributed by atoms with Crippen molar-refractivity contribution in [1.82, 2.24) is 30.2 Å². The number of hydrogen-bond donors (Lipinski definition) is 3. The molecule has 0 spiro atoms. The smallest absolute Gasteiger partial charge is 0.225 e. The molecule has 13 heteroatoms. The standard InChI is InChI=1S/C14H14N4S2.C11H17N5O.CH2O/c1-8-4-5-12(15-6-8)18-14-17-11(7-19-14)13-9(2)16-10(3)20-13;1-17-15-10-4-12-11(13-5-10)16-6-8-2-3-9(7-16)14-8;1-2/h4-7H,1-3H3,(H,15,17,18);4-5,8-9,14-15H,2-3,6-7H2,1H3;1H2/p+1/t;8-,9+;. The number of nitrogens with two attached hydrogens (primary N) is 1. The molecule has 6 rings (SSSR count). The van der Waals surface area contributed by atoms with E-state index < -0.39 is 0 Å². The molecule has 2 fully saturated rings. The third-order valence-electron chi connectivity index (χ3n) is 6.20. The van der Waals surface area contributed by atoms with Crippen LogP contribution in [0, 0.1) is 20.8 Å². The average molecular weight is 569 g/mol. The molecule has 0 saturated carbocycles. The monoisotopic (exact) mass is 568 g/mol. The van der Waals surface area contributed by atoms with E-state index in [4.69, 9.17) is 9.63 Å². The number of pyridine rings is 1. The molecule has 206 valence electrons. The zero-order valence-corrected chi connectivity index (χ0v) is 24.2. The molecule has 2 saturated heterocycles. The van der Waals surface area contributed by atoms with Crippen molar-refractivity contribution in [2.24, 2.45) is 0 Å². The summed E-state index contributed by atoms with van der Waals surface area (Å²) in [6.07, 6.45) is 7.99. The van der Waals surface area contributed by atoms with Crippen LogP contribution in [0.25, 0.3) is 10.6 Å². The van der Waals surface area contributed by atoms with Gasteiger partial charge in [0.25, 0.3) is 0 Å². The molecular formula is C26H34N9O2S2+. The van der Waals surface area contributed by atoms with Gasteiger partial charge in [-0.2, -0.15) is 5.48 Å². The molecule has 0 amide bonds. The molecule has 2 atom stereocenters. The second-order valence-corrected chi connectivity index (χ2v) is 11.3. The quantitative estimate of drug-likeness (QED) is 0.297. The molecule has 11 nitrogen and oxygen atoms in total. The summed E-state index contributed by atoms with van der Waals surface area (Å²) in [6, 6.07) is 5.21. The van der Waals surface area contributed by atoms with Gasteiger partial charge < -0.3 is 20.3 Å². The molecular weight excluding hydrogens is 534 g/mol. The van der Waals surface area contributed by atoms with Gasteiger partial charge in [0.1, 0.15) is 12.6 Å². The number of piperazine rings is 1. The van der Waals surface area contributed by atoms with Crippen LogP contribution >= 0.6 is 22.7 Å². The Labute approximate surface area is 236 Å². The maximum atomic E-state index is 8.00. The lowest BCUT2D eigenvalue weighted by Crippen LogP contribution is -2.76. The highest BCUT2D eigenvalue weighted by Gasteiger charge is 2.33. The average Bonchev–Trinajstić information content (AvgIpc) is 3.65. The minimum absolute atomic E-state index is 0.613. The second-order valence-electron chi connectivity index (χ2n) is 9.24. The van der Waals surface area contributed by atoms with Gasteiger partial charge in [-0.05, 0) is 45.2 Å². The van der Waals surface area contributed by atoms with E-state index >= 15 is 0 Å². The van der Waals surface area contributed by atoms with Crippen LogP contribution in [0.15, 0.2) is 36.1 Å². The Balaban J connectivity index is 0.000000172. The summed E-state index contributed by atoms with van der Waals surface area (Å²) >= 11 is 3.26. The Bertz CT molecular complexity index is 1320. The number of fused-ring (bicyclic) bond motifs is 2. The van der Waals surface area contributed by atoms with Gasteiger partial charge >= 0.3 is 0 Å². The fourth-order valence-corrected chi connectivity index (χ4v) is 6.17. The normalized spacial score (nSPS) is 17.6. The molecule has 0 aliphatic carbocycles. The molecule has 0 radical (unpaired) electrons. The molecule has 39 heavy (non-hydrogen) atoms. The predicted molar refractivity (Wildman–Crippen MR) is 155 cm³/mol. The van der Waals surface area contributed by atoms with Crippen molar-refractivity contribution >= 4 is 52.0 Å². The van der Waals surface area contributed by atoms with E-state index in [1.54, 1.807) is 47.7 Å². The number of aryl methyl sites for hydroxylation is 3. The molecule has 2 bridgehead atoms. The van der Waals surface area contributed by atoms with Gasteiger partial charge in [0.15, 0.2) is 10.8 Å². The Kier molecular flexibility index (Phi) is 10.0. The maximum absolute atomic E-state index is 8.00. The minimum atomic E-state index is 0.613. The zero-order chi connectivity index (χ0) is 27.8. The van der Waals surface area contributed by atoms with E-state index in [2.05, 4.69) is 45.8 Å². The number of anilines is 3. The predicted octanol–water partition coefficient (Wildman–Crippen LogP) is 3.32. The molecule has 0 aromatic carbocycles. The van der Waals surface area contributed by atoms with Crippen molar-refractivity contribution in [2.75, 3.05) is 30.4 Å². The summed E-state index contributed by atoms with van der Waals surface area (Å²) in [5.74, 6) is 1.64.